The number of hydrogen-bond donors (Lipinski definition) is 1. The Bertz CT molecular complexity index is 351. The first-order chi connectivity index (χ1) is 7.75. The van der Waals surface area contributed by atoms with Crippen LogP contribution >= 0.6 is 15.9 Å². The summed E-state index contributed by atoms with van der Waals surface area (Å²) in [6, 6.07) is 5.02. The molecule has 1 aromatic rings. The van der Waals surface area contributed by atoms with Crippen molar-refractivity contribution in [3.8, 4) is 0 Å². The van der Waals surface area contributed by atoms with Crippen LogP contribution in [0.2, 0.25) is 0 Å². The van der Waals surface area contributed by atoms with E-state index in [1.807, 2.05) is 0 Å². The van der Waals surface area contributed by atoms with Crippen molar-refractivity contribution in [3.63, 3.8) is 0 Å². The third-order valence-electron chi connectivity index (χ3n) is 2.88. The predicted molar refractivity (Wildman–Crippen MR) is 68.3 cm³/mol. The van der Waals surface area contributed by atoms with Crippen molar-refractivity contribution < 1.29 is 4.39 Å². The van der Waals surface area contributed by atoms with Crippen molar-refractivity contribution in [2.45, 2.75) is 12.8 Å². The number of anilines is 1. The van der Waals surface area contributed by atoms with Gasteiger partial charge in [0.1, 0.15) is 5.82 Å². The molecule has 1 saturated heterocycles. The molecule has 0 aliphatic carbocycles. The molecule has 0 unspecified atom stereocenters. The lowest BCUT2D eigenvalue weighted by atomic mass is 10.3. The maximum Gasteiger partial charge on any atom is 0.137 e. The molecule has 1 fully saturated rings. The van der Waals surface area contributed by atoms with Crippen LogP contribution in [0.1, 0.15) is 12.8 Å². The molecule has 1 aromatic carbocycles. The van der Waals surface area contributed by atoms with Crippen LogP contribution in [0.5, 0.6) is 0 Å². The van der Waals surface area contributed by atoms with E-state index in [0.717, 1.165) is 18.8 Å². The summed E-state index contributed by atoms with van der Waals surface area (Å²) in [4.78, 5) is 2.45. The summed E-state index contributed by atoms with van der Waals surface area (Å²) in [5.41, 5.74) is 0.965. The first kappa shape index (κ1) is 11.9. The van der Waals surface area contributed by atoms with E-state index in [0.29, 0.717) is 4.47 Å². The average molecular weight is 287 g/mol. The van der Waals surface area contributed by atoms with Gasteiger partial charge in [-0.05, 0) is 60.1 Å². The predicted octanol–water partition coefficient (Wildman–Crippen LogP) is 3.10. The molecule has 0 spiro atoms. The number of nitrogens with one attached hydrogen (secondary N) is 1. The van der Waals surface area contributed by atoms with Crippen molar-refractivity contribution in [2.24, 2.45) is 0 Å². The van der Waals surface area contributed by atoms with Crippen molar-refractivity contribution in [1.82, 2.24) is 4.90 Å². The molecular formula is C12H16BrFN2. The zero-order valence-corrected chi connectivity index (χ0v) is 10.8. The molecule has 0 radical (unpaired) electrons. The van der Waals surface area contributed by atoms with E-state index >= 15 is 0 Å². The molecular weight excluding hydrogens is 271 g/mol. The van der Waals surface area contributed by atoms with Crippen LogP contribution in [0, 0.1) is 5.82 Å². The Hall–Kier alpha value is -0.610. The molecule has 1 aliphatic rings. The van der Waals surface area contributed by atoms with Gasteiger partial charge < -0.3 is 10.2 Å². The molecule has 1 N–H and O–H groups in total. The molecule has 88 valence electrons. The first-order valence-electron chi connectivity index (χ1n) is 5.67. The van der Waals surface area contributed by atoms with Gasteiger partial charge in [-0.15, -0.1) is 0 Å². The molecule has 1 aliphatic heterocycles. The minimum absolute atomic E-state index is 0.218. The summed E-state index contributed by atoms with van der Waals surface area (Å²) < 4.78 is 13.5. The molecule has 0 bridgehead atoms. The van der Waals surface area contributed by atoms with Gasteiger partial charge in [0, 0.05) is 18.8 Å². The van der Waals surface area contributed by atoms with E-state index in [1.54, 1.807) is 12.1 Å². The summed E-state index contributed by atoms with van der Waals surface area (Å²) in [5, 5.41) is 3.30. The Kier molecular flexibility index (Phi) is 4.18. The quantitative estimate of drug-likeness (QED) is 0.915. The number of halogens is 2. The van der Waals surface area contributed by atoms with E-state index < -0.39 is 0 Å². The second kappa shape index (κ2) is 5.64. The molecule has 2 nitrogen and oxygen atoms in total. The zero-order chi connectivity index (χ0) is 11.4. The SMILES string of the molecule is Fc1ccc(NCCN2CCCC2)cc1Br. The highest BCUT2D eigenvalue weighted by atomic mass is 79.9. The second-order valence-electron chi connectivity index (χ2n) is 4.10. The Morgan fingerprint density at radius 2 is 2.06 bits per heavy atom. The highest BCUT2D eigenvalue weighted by molar-refractivity contribution is 9.10. The molecule has 0 amide bonds. The summed E-state index contributed by atoms with van der Waals surface area (Å²) >= 11 is 3.18. The molecule has 1 heterocycles. The van der Waals surface area contributed by atoms with E-state index in [4.69, 9.17) is 0 Å². The number of benzene rings is 1. The Morgan fingerprint density at radius 1 is 1.31 bits per heavy atom. The monoisotopic (exact) mass is 286 g/mol. The highest BCUT2D eigenvalue weighted by Crippen LogP contribution is 2.19. The highest BCUT2D eigenvalue weighted by Gasteiger charge is 2.10. The van der Waals surface area contributed by atoms with Crippen LogP contribution < -0.4 is 5.32 Å². The normalized spacial score (nSPS) is 16.6. The Balaban J connectivity index is 1.78. The van der Waals surface area contributed by atoms with Gasteiger partial charge >= 0.3 is 0 Å². The number of rotatable bonds is 4. The fourth-order valence-electron chi connectivity index (χ4n) is 1.97. The van der Waals surface area contributed by atoms with Crippen LogP contribution in [-0.2, 0) is 0 Å². The van der Waals surface area contributed by atoms with Gasteiger partial charge in [-0.1, -0.05) is 0 Å². The van der Waals surface area contributed by atoms with Crippen LogP contribution in [0.15, 0.2) is 22.7 Å². The number of nitrogens with zero attached hydrogens (tertiary/aromatic N) is 1. The lowest BCUT2D eigenvalue weighted by Crippen LogP contribution is -2.25. The third kappa shape index (κ3) is 3.19. The average Bonchev–Trinajstić information content (AvgIpc) is 2.76. The third-order valence-corrected chi connectivity index (χ3v) is 3.48. The van der Waals surface area contributed by atoms with Gasteiger partial charge in [0.05, 0.1) is 4.47 Å². The minimum atomic E-state index is -0.218. The summed E-state index contributed by atoms with van der Waals surface area (Å²) in [7, 11) is 0. The smallest absolute Gasteiger partial charge is 0.137 e. The molecule has 0 atom stereocenters. The van der Waals surface area contributed by atoms with Crippen molar-refractivity contribution >= 4 is 21.6 Å². The largest absolute Gasteiger partial charge is 0.384 e. The Labute approximate surface area is 104 Å². The van der Waals surface area contributed by atoms with Gasteiger partial charge in [-0.2, -0.15) is 0 Å². The summed E-state index contributed by atoms with van der Waals surface area (Å²) in [6.07, 6.45) is 2.64. The minimum Gasteiger partial charge on any atom is -0.384 e. The van der Waals surface area contributed by atoms with E-state index in [-0.39, 0.29) is 5.82 Å². The van der Waals surface area contributed by atoms with Gasteiger partial charge in [0.25, 0.3) is 0 Å². The van der Waals surface area contributed by atoms with Crippen LogP contribution in [-0.4, -0.2) is 31.1 Å². The fourth-order valence-corrected chi connectivity index (χ4v) is 2.35. The van der Waals surface area contributed by atoms with E-state index in [2.05, 4.69) is 26.1 Å². The second-order valence-corrected chi connectivity index (χ2v) is 4.96. The van der Waals surface area contributed by atoms with Gasteiger partial charge in [-0.3, -0.25) is 0 Å². The maximum absolute atomic E-state index is 13.0. The molecule has 4 heteroatoms. The van der Waals surface area contributed by atoms with E-state index in [1.165, 1.54) is 32.0 Å². The summed E-state index contributed by atoms with van der Waals surface area (Å²) in [6.45, 7) is 4.41. The van der Waals surface area contributed by atoms with Crippen LogP contribution in [0.3, 0.4) is 0 Å². The van der Waals surface area contributed by atoms with Gasteiger partial charge in [0.2, 0.25) is 0 Å². The van der Waals surface area contributed by atoms with Crippen molar-refractivity contribution in [3.05, 3.63) is 28.5 Å². The Morgan fingerprint density at radius 3 is 2.75 bits per heavy atom. The van der Waals surface area contributed by atoms with Crippen molar-refractivity contribution in [2.75, 3.05) is 31.5 Å². The fraction of sp³-hybridized carbons (Fsp3) is 0.500. The maximum atomic E-state index is 13.0. The standard InChI is InChI=1S/C12H16BrFN2/c13-11-9-10(3-4-12(11)14)15-5-8-16-6-1-2-7-16/h3-4,9,15H,1-2,5-8H2. The molecule has 0 aromatic heterocycles. The van der Waals surface area contributed by atoms with Gasteiger partial charge in [0.15, 0.2) is 0 Å². The molecule has 16 heavy (non-hydrogen) atoms. The zero-order valence-electron chi connectivity index (χ0n) is 9.18. The summed E-state index contributed by atoms with van der Waals surface area (Å²) in [5.74, 6) is -0.218. The van der Waals surface area contributed by atoms with Crippen LogP contribution in [0.25, 0.3) is 0 Å². The number of likely N-dealkylation sites (tertiary alicyclic amines) is 1. The lowest BCUT2D eigenvalue weighted by Gasteiger charge is -2.15. The van der Waals surface area contributed by atoms with Crippen molar-refractivity contribution in [1.29, 1.82) is 0 Å². The molecule has 0 saturated carbocycles. The number of hydrogen-bond acceptors (Lipinski definition) is 2. The molecule has 2 rings (SSSR count). The first-order valence-corrected chi connectivity index (χ1v) is 6.46. The van der Waals surface area contributed by atoms with Crippen LogP contribution in [0.4, 0.5) is 10.1 Å². The van der Waals surface area contributed by atoms with Gasteiger partial charge in [-0.25, -0.2) is 4.39 Å². The van der Waals surface area contributed by atoms with E-state index in [9.17, 15) is 4.39 Å². The topological polar surface area (TPSA) is 15.3 Å². The lowest BCUT2D eigenvalue weighted by molar-refractivity contribution is 0.352.